The van der Waals surface area contributed by atoms with E-state index in [1.54, 1.807) is 6.20 Å². The maximum Gasteiger partial charge on any atom is 0.325 e. The fourth-order valence-electron chi connectivity index (χ4n) is 4.18. The summed E-state index contributed by atoms with van der Waals surface area (Å²) in [6, 6.07) is 5.58. The summed E-state index contributed by atoms with van der Waals surface area (Å²) < 4.78 is 0. The molecule has 0 saturated carbocycles. The summed E-state index contributed by atoms with van der Waals surface area (Å²) in [5, 5.41) is 2.46. The second-order valence-electron chi connectivity index (χ2n) is 7.30. The Bertz CT molecular complexity index is 694. The van der Waals surface area contributed by atoms with Crippen molar-refractivity contribution < 1.29 is 14.4 Å². The van der Waals surface area contributed by atoms with Gasteiger partial charge in [0.15, 0.2) is 0 Å². The molecule has 0 aliphatic carbocycles. The van der Waals surface area contributed by atoms with E-state index in [0.717, 1.165) is 43.1 Å². The van der Waals surface area contributed by atoms with Gasteiger partial charge >= 0.3 is 6.03 Å². The molecule has 2 atom stereocenters. The van der Waals surface area contributed by atoms with E-state index in [9.17, 15) is 14.4 Å². The van der Waals surface area contributed by atoms with Crippen LogP contribution in [-0.4, -0.2) is 76.3 Å². The highest BCUT2D eigenvalue weighted by molar-refractivity contribution is 6.04. The number of imide groups is 1. The van der Waals surface area contributed by atoms with Gasteiger partial charge in [-0.05, 0) is 30.9 Å². The molecule has 8 heteroatoms. The summed E-state index contributed by atoms with van der Waals surface area (Å²) in [7, 11) is 0. The van der Waals surface area contributed by atoms with Gasteiger partial charge < -0.3 is 10.2 Å². The summed E-state index contributed by atoms with van der Waals surface area (Å²) in [5.74, 6) is -0.0468. The van der Waals surface area contributed by atoms with Crippen molar-refractivity contribution in [3.63, 3.8) is 0 Å². The van der Waals surface area contributed by atoms with Crippen molar-refractivity contribution in [1.82, 2.24) is 25.0 Å². The first-order valence-electron chi connectivity index (χ1n) is 9.10. The molecule has 1 aromatic rings. The maximum absolute atomic E-state index is 12.8. The van der Waals surface area contributed by atoms with Crippen molar-refractivity contribution in [2.45, 2.75) is 25.4 Å². The van der Waals surface area contributed by atoms with Gasteiger partial charge in [0.25, 0.3) is 5.91 Å². The molecule has 4 fully saturated rings. The third kappa shape index (κ3) is 3.41. The number of aromatic nitrogens is 1. The highest BCUT2D eigenvalue weighted by Gasteiger charge is 2.39. The van der Waals surface area contributed by atoms with Gasteiger partial charge in [-0.1, -0.05) is 6.07 Å². The maximum atomic E-state index is 12.8. The Balaban J connectivity index is 1.42. The molecule has 4 amide bonds. The zero-order valence-electron chi connectivity index (χ0n) is 14.6. The van der Waals surface area contributed by atoms with E-state index >= 15 is 0 Å². The largest absolute Gasteiger partial charge is 0.337 e. The zero-order chi connectivity index (χ0) is 18.1. The van der Waals surface area contributed by atoms with Crippen LogP contribution in [-0.2, 0) is 16.1 Å². The van der Waals surface area contributed by atoms with Gasteiger partial charge in [0, 0.05) is 38.4 Å². The molecule has 0 aromatic carbocycles. The minimum Gasteiger partial charge on any atom is -0.337 e. The van der Waals surface area contributed by atoms with Gasteiger partial charge in [-0.2, -0.15) is 0 Å². The van der Waals surface area contributed by atoms with E-state index in [1.807, 2.05) is 23.1 Å². The second kappa shape index (κ2) is 7.03. The molecule has 5 rings (SSSR count). The number of fused-ring (bicyclic) bond motifs is 4. The Labute approximate surface area is 152 Å². The first-order chi connectivity index (χ1) is 12.6. The molecule has 8 nitrogen and oxygen atoms in total. The number of piperidine rings is 1. The van der Waals surface area contributed by atoms with Crippen LogP contribution >= 0.6 is 0 Å². The SMILES string of the molecule is O=C1CNC(=O)N1CC(=O)N1C[C@H]2CC[C@@H]1CN(Cc1ccccn1)C2. The number of rotatable bonds is 4. The zero-order valence-corrected chi connectivity index (χ0v) is 14.6. The molecule has 4 aliphatic rings. The molecule has 1 aromatic heterocycles. The number of pyridine rings is 1. The van der Waals surface area contributed by atoms with Gasteiger partial charge in [0.2, 0.25) is 5.91 Å². The van der Waals surface area contributed by atoms with E-state index in [-0.39, 0.29) is 30.9 Å². The van der Waals surface area contributed by atoms with Crippen LogP contribution < -0.4 is 5.32 Å². The minimum atomic E-state index is -0.472. The van der Waals surface area contributed by atoms with Crippen molar-refractivity contribution in [2.75, 3.05) is 32.7 Å². The van der Waals surface area contributed by atoms with Crippen LogP contribution in [0.15, 0.2) is 24.4 Å². The van der Waals surface area contributed by atoms with Crippen LogP contribution in [0.4, 0.5) is 4.79 Å². The molecular weight excluding hydrogens is 334 g/mol. The summed E-state index contributed by atoms with van der Waals surface area (Å²) in [6.45, 7) is 3.05. The van der Waals surface area contributed by atoms with Gasteiger partial charge in [0.1, 0.15) is 6.54 Å². The predicted octanol–water partition coefficient (Wildman–Crippen LogP) is 0.0562. The van der Waals surface area contributed by atoms with Crippen molar-refractivity contribution in [3.8, 4) is 0 Å². The Hall–Kier alpha value is -2.48. The lowest BCUT2D eigenvalue weighted by molar-refractivity contribution is -0.139. The van der Waals surface area contributed by atoms with Crippen molar-refractivity contribution in [3.05, 3.63) is 30.1 Å². The smallest absolute Gasteiger partial charge is 0.325 e. The van der Waals surface area contributed by atoms with Gasteiger partial charge in [-0.3, -0.25) is 24.4 Å². The average molecular weight is 357 g/mol. The second-order valence-corrected chi connectivity index (χ2v) is 7.30. The molecule has 2 bridgehead atoms. The number of urea groups is 1. The van der Waals surface area contributed by atoms with Crippen molar-refractivity contribution >= 4 is 17.8 Å². The average Bonchev–Trinajstić information content (AvgIpc) is 2.82. The number of carbonyl (C=O) groups excluding carboxylic acids is 3. The Morgan fingerprint density at radius 1 is 1.19 bits per heavy atom. The Morgan fingerprint density at radius 3 is 2.81 bits per heavy atom. The first-order valence-corrected chi connectivity index (χ1v) is 9.10. The van der Waals surface area contributed by atoms with Crippen LogP contribution in [0.3, 0.4) is 0 Å². The fourth-order valence-corrected chi connectivity index (χ4v) is 4.18. The number of amides is 4. The van der Waals surface area contributed by atoms with E-state index in [1.165, 1.54) is 0 Å². The molecule has 4 aliphatic heterocycles. The summed E-state index contributed by atoms with van der Waals surface area (Å²) in [5.41, 5.74) is 1.03. The van der Waals surface area contributed by atoms with Crippen molar-refractivity contribution in [1.29, 1.82) is 0 Å². The highest BCUT2D eigenvalue weighted by Crippen LogP contribution is 2.29. The monoisotopic (exact) mass is 357 g/mol. The lowest BCUT2D eigenvalue weighted by Crippen LogP contribution is -2.51. The number of nitrogens with zero attached hydrogens (tertiary/aromatic N) is 4. The minimum absolute atomic E-state index is 0.0178. The van der Waals surface area contributed by atoms with E-state index in [2.05, 4.69) is 15.2 Å². The van der Waals surface area contributed by atoms with Gasteiger partial charge in [-0.15, -0.1) is 0 Å². The van der Waals surface area contributed by atoms with Gasteiger partial charge in [0.05, 0.1) is 12.2 Å². The molecule has 0 unspecified atom stereocenters. The molecule has 138 valence electrons. The van der Waals surface area contributed by atoms with Crippen LogP contribution in [0.1, 0.15) is 18.5 Å². The molecule has 1 N–H and O–H groups in total. The lowest BCUT2D eigenvalue weighted by atomic mass is 9.95. The van der Waals surface area contributed by atoms with Crippen LogP contribution in [0.5, 0.6) is 0 Å². The standard InChI is InChI=1S/C18H23N5O3/c24-16-7-20-18(26)23(16)12-17(25)22-9-13-4-5-15(22)11-21(8-13)10-14-3-1-2-6-19-14/h1-3,6,13,15H,4-5,7-12H2,(H,20,26)/t13-,15+/m0/s1. The fraction of sp³-hybridized carbons (Fsp3) is 0.556. The molecule has 4 saturated heterocycles. The number of hydrogen-bond donors (Lipinski definition) is 1. The highest BCUT2D eigenvalue weighted by atomic mass is 16.2. The topological polar surface area (TPSA) is 85.8 Å². The van der Waals surface area contributed by atoms with E-state index < -0.39 is 6.03 Å². The van der Waals surface area contributed by atoms with Crippen LogP contribution in [0.2, 0.25) is 0 Å². The van der Waals surface area contributed by atoms with E-state index in [0.29, 0.717) is 12.5 Å². The summed E-state index contributed by atoms with van der Waals surface area (Å²) in [4.78, 5) is 45.9. The Morgan fingerprint density at radius 2 is 2.08 bits per heavy atom. The van der Waals surface area contributed by atoms with Gasteiger partial charge in [-0.25, -0.2) is 4.79 Å². The third-order valence-corrected chi connectivity index (χ3v) is 5.45. The predicted molar refractivity (Wildman–Crippen MR) is 92.9 cm³/mol. The number of carbonyl (C=O) groups is 3. The quantitative estimate of drug-likeness (QED) is 0.770. The summed E-state index contributed by atoms with van der Waals surface area (Å²) in [6.07, 6.45) is 3.88. The molecule has 0 radical (unpaired) electrons. The Kier molecular flexibility index (Phi) is 4.58. The third-order valence-electron chi connectivity index (χ3n) is 5.45. The lowest BCUT2D eigenvalue weighted by Gasteiger charge is -2.36. The molecule has 0 spiro atoms. The number of nitrogens with one attached hydrogen (secondary N) is 1. The van der Waals surface area contributed by atoms with Crippen LogP contribution in [0.25, 0.3) is 0 Å². The van der Waals surface area contributed by atoms with E-state index in [4.69, 9.17) is 0 Å². The number of hydrogen-bond acceptors (Lipinski definition) is 5. The normalized spacial score (nSPS) is 26.2. The summed E-state index contributed by atoms with van der Waals surface area (Å²) >= 11 is 0. The molecular formula is C18H23N5O3. The van der Waals surface area contributed by atoms with Crippen molar-refractivity contribution in [2.24, 2.45) is 5.92 Å². The molecule has 26 heavy (non-hydrogen) atoms. The molecule has 5 heterocycles. The van der Waals surface area contributed by atoms with Crippen LogP contribution in [0, 0.1) is 5.92 Å². The first kappa shape index (κ1) is 17.0.